The van der Waals surface area contributed by atoms with Gasteiger partial charge in [-0.05, 0) is 28.6 Å². The average molecular weight is 230 g/mol. The molecular formula is C13H14N2S. The SMILES string of the molecule is Nc1cccc2c1CN(Cc1cccs1)C2. The second kappa shape index (κ2) is 3.92. The van der Waals surface area contributed by atoms with Crippen LogP contribution in [0.25, 0.3) is 0 Å². The molecule has 0 saturated heterocycles. The van der Waals surface area contributed by atoms with Crippen LogP contribution in [0.3, 0.4) is 0 Å². The van der Waals surface area contributed by atoms with Crippen LogP contribution in [-0.4, -0.2) is 4.90 Å². The van der Waals surface area contributed by atoms with E-state index in [2.05, 4.69) is 28.5 Å². The molecule has 0 saturated carbocycles. The minimum Gasteiger partial charge on any atom is -0.398 e. The zero-order chi connectivity index (χ0) is 11.0. The number of benzene rings is 1. The van der Waals surface area contributed by atoms with Gasteiger partial charge in [-0.25, -0.2) is 0 Å². The molecule has 0 unspecified atom stereocenters. The normalized spacial score (nSPS) is 15.2. The van der Waals surface area contributed by atoms with E-state index in [1.807, 2.05) is 23.5 Å². The minimum absolute atomic E-state index is 0.936. The van der Waals surface area contributed by atoms with Gasteiger partial charge in [-0.2, -0.15) is 0 Å². The second-order valence-electron chi connectivity index (χ2n) is 4.21. The first-order valence-electron chi connectivity index (χ1n) is 5.44. The van der Waals surface area contributed by atoms with Crippen LogP contribution in [0.4, 0.5) is 5.69 Å². The summed E-state index contributed by atoms with van der Waals surface area (Å²) < 4.78 is 0. The lowest BCUT2D eigenvalue weighted by Gasteiger charge is -2.12. The smallest absolute Gasteiger partial charge is 0.0363 e. The van der Waals surface area contributed by atoms with Crippen molar-refractivity contribution in [3.63, 3.8) is 0 Å². The number of hydrogen-bond acceptors (Lipinski definition) is 3. The van der Waals surface area contributed by atoms with Gasteiger partial charge in [0.1, 0.15) is 0 Å². The molecule has 1 aromatic heterocycles. The first-order chi connectivity index (χ1) is 7.83. The molecule has 2 aromatic rings. The molecule has 1 aliphatic rings. The van der Waals surface area contributed by atoms with Crippen LogP contribution < -0.4 is 5.73 Å². The number of nitrogen functional groups attached to an aromatic ring is 1. The Morgan fingerprint density at radius 3 is 2.88 bits per heavy atom. The number of fused-ring (bicyclic) bond motifs is 1. The van der Waals surface area contributed by atoms with E-state index in [0.717, 1.165) is 25.3 Å². The summed E-state index contributed by atoms with van der Waals surface area (Å²) in [5.74, 6) is 0. The number of anilines is 1. The maximum atomic E-state index is 5.98. The highest BCUT2D eigenvalue weighted by Gasteiger charge is 2.20. The quantitative estimate of drug-likeness (QED) is 0.804. The van der Waals surface area contributed by atoms with Crippen LogP contribution in [0.1, 0.15) is 16.0 Å². The number of rotatable bonds is 2. The number of nitrogens with two attached hydrogens (primary N) is 1. The Hall–Kier alpha value is -1.32. The van der Waals surface area contributed by atoms with Crippen LogP contribution in [0, 0.1) is 0 Å². The highest BCUT2D eigenvalue weighted by Crippen LogP contribution is 2.29. The summed E-state index contributed by atoms with van der Waals surface area (Å²) in [5.41, 5.74) is 9.62. The van der Waals surface area contributed by atoms with Gasteiger partial charge >= 0.3 is 0 Å². The summed E-state index contributed by atoms with van der Waals surface area (Å²) in [6.07, 6.45) is 0. The second-order valence-corrected chi connectivity index (χ2v) is 5.24. The summed E-state index contributed by atoms with van der Waals surface area (Å²) in [4.78, 5) is 3.86. The molecule has 82 valence electrons. The van der Waals surface area contributed by atoms with Gasteiger partial charge in [-0.1, -0.05) is 18.2 Å². The number of nitrogens with zero attached hydrogens (tertiary/aromatic N) is 1. The van der Waals surface area contributed by atoms with Crippen molar-refractivity contribution in [1.29, 1.82) is 0 Å². The van der Waals surface area contributed by atoms with E-state index in [0.29, 0.717) is 0 Å². The van der Waals surface area contributed by atoms with Crippen molar-refractivity contribution in [2.75, 3.05) is 5.73 Å². The van der Waals surface area contributed by atoms with Gasteiger partial charge in [0.2, 0.25) is 0 Å². The standard InChI is InChI=1S/C13H14N2S/c14-13-5-1-3-10-7-15(9-12(10)13)8-11-4-2-6-16-11/h1-6H,7-9,14H2. The van der Waals surface area contributed by atoms with E-state index < -0.39 is 0 Å². The Bertz CT molecular complexity index is 491. The summed E-state index contributed by atoms with van der Waals surface area (Å²) in [6, 6.07) is 10.5. The predicted octanol–water partition coefficient (Wildman–Crippen LogP) is 2.85. The van der Waals surface area contributed by atoms with E-state index >= 15 is 0 Å². The van der Waals surface area contributed by atoms with Crippen LogP contribution in [0.5, 0.6) is 0 Å². The molecule has 2 heterocycles. The van der Waals surface area contributed by atoms with E-state index in [4.69, 9.17) is 5.73 Å². The lowest BCUT2D eigenvalue weighted by molar-refractivity contribution is 0.278. The molecule has 2 nitrogen and oxygen atoms in total. The molecule has 0 spiro atoms. The molecule has 0 fully saturated rings. The van der Waals surface area contributed by atoms with Crippen molar-refractivity contribution in [1.82, 2.24) is 4.90 Å². The van der Waals surface area contributed by atoms with E-state index in [-0.39, 0.29) is 0 Å². The fourth-order valence-electron chi connectivity index (χ4n) is 2.25. The van der Waals surface area contributed by atoms with Gasteiger partial charge in [0.25, 0.3) is 0 Å². The van der Waals surface area contributed by atoms with Crippen LogP contribution in [-0.2, 0) is 19.6 Å². The third-order valence-electron chi connectivity index (χ3n) is 3.04. The lowest BCUT2D eigenvalue weighted by Crippen LogP contribution is -2.14. The average Bonchev–Trinajstić information content (AvgIpc) is 2.88. The molecular weight excluding hydrogens is 216 g/mol. The molecule has 1 aliphatic heterocycles. The Morgan fingerprint density at radius 1 is 1.19 bits per heavy atom. The lowest BCUT2D eigenvalue weighted by atomic mass is 10.1. The Morgan fingerprint density at radius 2 is 2.12 bits per heavy atom. The first-order valence-corrected chi connectivity index (χ1v) is 6.32. The molecule has 0 amide bonds. The fourth-order valence-corrected chi connectivity index (χ4v) is 3.00. The molecule has 3 rings (SSSR count). The Balaban J connectivity index is 1.78. The van der Waals surface area contributed by atoms with Crippen molar-refractivity contribution >= 4 is 17.0 Å². The van der Waals surface area contributed by atoms with Gasteiger partial charge < -0.3 is 5.73 Å². The van der Waals surface area contributed by atoms with Crippen molar-refractivity contribution in [2.24, 2.45) is 0 Å². The molecule has 0 radical (unpaired) electrons. The summed E-state index contributed by atoms with van der Waals surface area (Å²) >= 11 is 1.82. The number of hydrogen-bond donors (Lipinski definition) is 1. The number of thiophene rings is 1. The molecule has 0 bridgehead atoms. The first kappa shape index (κ1) is 9.87. The molecule has 3 heteroatoms. The van der Waals surface area contributed by atoms with Gasteiger partial charge in [-0.3, -0.25) is 4.90 Å². The van der Waals surface area contributed by atoms with Crippen LogP contribution >= 0.6 is 11.3 Å². The summed E-state index contributed by atoms with van der Waals surface area (Å²) in [7, 11) is 0. The third kappa shape index (κ3) is 1.72. The van der Waals surface area contributed by atoms with E-state index in [9.17, 15) is 0 Å². The molecule has 1 aromatic carbocycles. The maximum absolute atomic E-state index is 5.98. The highest BCUT2D eigenvalue weighted by molar-refractivity contribution is 7.09. The van der Waals surface area contributed by atoms with Gasteiger partial charge in [0, 0.05) is 30.2 Å². The van der Waals surface area contributed by atoms with Gasteiger partial charge in [-0.15, -0.1) is 11.3 Å². The zero-order valence-electron chi connectivity index (χ0n) is 9.02. The molecule has 0 atom stereocenters. The monoisotopic (exact) mass is 230 g/mol. The summed E-state index contributed by atoms with van der Waals surface area (Å²) in [6.45, 7) is 3.05. The van der Waals surface area contributed by atoms with Crippen molar-refractivity contribution in [3.05, 3.63) is 51.7 Å². The largest absolute Gasteiger partial charge is 0.398 e. The van der Waals surface area contributed by atoms with Crippen molar-refractivity contribution in [2.45, 2.75) is 19.6 Å². The molecule has 2 N–H and O–H groups in total. The van der Waals surface area contributed by atoms with Crippen molar-refractivity contribution < 1.29 is 0 Å². The van der Waals surface area contributed by atoms with Gasteiger partial charge in [0.15, 0.2) is 0 Å². The third-order valence-corrected chi connectivity index (χ3v) is 3.91. The van der Waals surface area contributed by atoms with Crippen LogP contribution in [0.2, 0.25) is 0 Å². The van der Waals surface area contributed by atoms with E-state index in [1.54, 1.807) is 0 Å². The topological polar surface area (TPSA) is 29.3 Å². The highest BCUT2D eigenvalue weighted by atomic mass is 32.1. The van der Waals surface area contributed by atoms with Crippen molar-refractivity contribution in [3.8, 4) is 0 Å². The minimum atomic E-state index is 0.936. The zero-order valence-corrected chi connectivity index (χ0v) is 9.83. The maximum Gasteiger partial charge on any atom is 0.0363 e. The molecule has 0 aliphatic carbocycles. The van der Waals surface area contributed by atoms with Gasteiger partial charge in [0.05, 0.1) is 0 Å². The summed E-state index contributed by atoms with van der Waals surface area (Å²) in [5, 5.41) is 2.13. The Labute approximate surface area is 99.3 Å². The predicted molar refractivity (Wildman–Crippen MR) is 68.1 cm³/mol. The fraction of sp³-hybridized carbons (Fsp3) is 0.231. The van der Waals surface area contributed by atoms with Crippen LogP contribution in [0.15, 0.2) is 35.7 Å². The van der Waals surface area contributed by atoms with E-state index in [1.165, 1.54) is 16.0 Å². The Kier molecular flexibility index (Phi) is 2.42. The molecule has 16 heavy (non-hydrogen) atoms.